The number of carbonyl (C=O) groups is 2. The highest BCUT2D eigenvalue weighted by Crippen LogP contribution is 2.30. The molecule has 1 aliphatic rings. The molecule has 0 aliphatic carbocycles. The van der Waals surface area contributed by atoms with E-state index in [2.05, 4.69) is 11.4 Å². The van der Waals surface area contributed by atoms with Crippen LogP contribution < -0.4 is 5.32 Å². The Morgan fingerprint density at radius 2 is 1.86 bits per heavy atom. The molecule has 2 aromatic carbocycles. The lowest BCUT2D eigenvalue weighted by Gasteiger charge is -2.29. The molecule has 2 amide bonds. The number of halogens is 1. The topological polar surface area (TPSA) is 49.4 Å². The van der Waals surface area contributed by atoms with E-state index in [1.807, 2.05) is 18.2 Å². The van der Waals surface area contributed by atoms with Gasteiger partial charge in [0.15, 0.2) is 0 Å². The number of hydrogen-bond donors (Lipinski definition) is 1. The second kappa shape index (κ2) is 7.56. The Morgan fingerprint density at radius 3 is 2.64 bits per heavy atom. The van der Waals surface area contributed by atoms with Crippen molar-refractivity contribution in [3.05, 3.63) is 82.0 Å². The van der Waals surface area contributed by atoms with E-state index in [0.717, 1.165) is 16.9 Å². The molecule has 3 aromatic rings. The summed E-state index contributed by atoms with van der Waals surface area (Å²) in [7, 11) is 1.57. The van der Waals surface area contributed by atoms with Gasteiger partial charge in [-0.25, -0.2) is 4.39 Å². The SMILES string of the molecule is CNC(=O)c1ccc(-c2cc(F)cc(C(=O)N3CCc4ccccc4C3)c2)s1. The summed E-state index contributed by atoms with van der Waals surface area (Å²) in [4.78, 5) is 27.8. The fourth-order valence-electron chi connectivity index (χ4n) is 3.45. The van der Waals surface area contributed by atoms with Gasteiger partial charge in [-0.15, -0.1) is 11.3 Å². The molecule has 4 nitrogen and oxygen atoms in total. The lowest BCUT2D eigenvalue weighted by Crippen LogP contribution is -2.36. The standard InChI is InChI=1S/C22H19FN2O2S/c1-24-21(26)20-7-6-19(28-20)16-10-17(12-18(23)11-16)22(27)25-9-8-14-4-2-3-5-15(14)13-25/h2-7,10-12H,8-9,13H2,1H3,(H,24,26). The second-order valence-electron chi connectivity index (χ2n) is 6.72. The van der Waals surface area contributed by atoms with Crippen LogP contribution >= 0.6 is 11.3 Å². The molecule has 0 fully saturated rings. The van der Waals surface area contributed by atoms with Crippen LogP contribution in [0, 0.1) is 5.82 Å². The molecule has 28 heavy (non-hydrogen) atoms. The Hall–Kier alpha value is -2.99. The molecule has 1 aliphatic heterocycles. The van der Waals surface area contributed by atoms with Crippen molar-refractivity contribution in [1.29, 1.82) is 0 Å². The van der Waals surface area contributed by atoms with Crippen molar-refractivity contribution in [3.8, 4) is 10.4 Å². The minimum atomic E-state index is -0.465. The predicted molar refractivity (Wildman–Crippen MR) is 108 cm³/mol. The molecule has 1 aromatic heterocycles. The van der Waals surface area contributed by atoms with Crippen LogP contribution in [0.2, 0.25) is 0 Å². The molecule has 0 unspecified atom stereocenters. The van der Waals surface area contributed by atoms with E-state index in [1.165, 1.54) is 29.0 Å². The molecule has 0 saturated heterocycles. The molecule has 1 N–H and O–H groups in total. The summed E-state index contributed by atoms with van der Waals surface area (Å²) in [6.07, 6.45) is 0.796. The highest BCUT2D eigenvalue weighted by atomic mass is 32.1. The van der Waals surface area contributed by atoms with Crippen LogP contribution in [0.3, 0.4) is 0 Å². The van der Waals surface area contributed by atoms with Crippen LogP contribution in [0.25, 0.3) is 10.4 Å². The molecule has 0 atom stereocenters. The van der Waals surface area contributed by atoms with Crippen molar-refractivity contribution in [1.82, 2.24) is 10.2 Å². The first-order valence-corrected chi connectivity index (χ1v) is 9.86. The second-order valence-corrected chi connectivity index (χ2v) is 7.80. The van der Waals surface area contributed by atoms with Crippen LogP contribution in [-0.4, -0.2) is 30.3 Å². The Labute approximate surface area is 166 Å². The predicted octanol–water partition coefficient (Wildman–Crippen LogP) is 4.11. The smallest absolute Gasteiger partial charge is 0.261 e. The third kappa shape index (κ3) is 3.55. The van der Waals surface area contributed by atoms with Gasteiger partial charge in [-0.2, -0.15) is 0 Å². The third-order valence-electron chi connectivity index (χ3n) is 4.90. The minimum absolute atomic E-state index is 0.182. The monoisotopic (exact) mass is 394 g/mol. The quantitative estimate of drug-likeness (QED) is 0.727. The zero-order valence-corrected chi connectivity index (χ0v) is 16.2. The summed E-state index contributed by atoms with van der Waals surface area (Å²) in [6.45, 7) is 1.14. The van der Waals surface area contributed by atoms with Gasteiger partial charge >= 0.3 is 0 Å². The van der Waals surface area contributed by atoms with Crippen molar-refractivity contribution in [2.75, 3.05) is 13.6 Å². The van der Waals surface area contributed by atoms with Crippen LogP contribution in [0.1, 0.15) is 31.2 Å². The zero-order chi connectivity index (χ0) is 19.7. The molecule has 0 bridgehead atoms. The van der Waals surface area contributed by atoms with Crippen molar-refractivity contribution in [2.24, 2.45) is 0 Å². The van der Waals surface area contributed by atoms with E-state index in [-0.39, 0.29) is 11.8 Å². The van der Waals surface area contributed by atoms with Crippen LogP contribution in [-0.2, 0) is 13.0 Å². The number of nitrogens with one attached hydrogen (secondary N) is 1. The summed E-state index contributed by atoms with van der Waals surface area (Å²) in [5, 5.41) is 2.57. The summed E-state index contributed by atoms with van der Waals surface area (Å²) < 4.78 is 14.3. The van der Waals surface area contributed by atoms with Crippen molar-refractivity contribution < 1.29 is 14.0 Å². The maximum Gasteiger partial charge on any atom is 0.261 e. The number of hydrogen-bond acceptors (Lipinski definition) is 3. The number of benzene rings is 2. The third-order valence-corrected chi connectivity index (χ3v) is 6.04. The van der Waals surface area contributed by atoms with E-state index < -0.39 is 5.82 Å². The molecular formula is C22H19FN2O2S. The summed E-state index contributed by atoms with van der Waals surface area (Å²) in [5.74, 6) is -0.831. The van der Waals surface area contributed by atoms with Gasteiger partial charge in [-0.3, -0.25) is 9.59 Å². The normalized spacial score (nSPS) is 13.1. The first kappa shape index (κ1) is 18.4. The van der Waals surface area contributed by atoms with E-state index in [9.17, 15) is 14.0 Å². The van der Waals surface area contributed by atoms with Crippen molar-refractivity contribution in [2.45, 2.75) is 13.0 Å². The van der Waals surface area contributed by atoms with Gasteiger partial charge < -0.3 is 10.2 Å². The average Bonchev–Trinajstić information content (AvgIpc) is 3.22. The molecule has 0 radical (unpaired) electrons. The van der Waals surface area contributed by atoms with Gasteiger partial charge in [0.25, 0.3) is 11.8 Å². The average molecular weight is 394 g/mol. The first-order chi connectivity index (χ1) is 13.5. The minimum Gasteiger partial charge on any atom is -0.354 e. The Morgan fingerprint density at radius 1 is 1.07 bits per heavy atom. The van der Waals surface area contributed by atoms with Crippen molar-refractivity contribution >= 4 is 23.2 Å². The Kier molecular flexibility index (Phi) is 4.96. The van der Waals surface area contributed by atoms with Gasteiger partial charge in [0, 0.05) is 30.6 Å². The fraction of sp³-hybridized carbons (Fsp3) is 0.182. The van der Waals surface area contributed by atoms with E-state index in [4.69, 9.17) is 0 Å². The lowest BCUT2D eigenvalue weighted by molar-refractivity contribution is 0.0734. The number of fused-ring (bicyclic) bond motifs is 1. The summed E-state index contributed by atoms with van der Waals surface area (Å²) in [5.41, 5.74) is 3.31. The maximum atomic E-state index is 14.3. The van der Waals surface area contributed by atoms with Gasteiger partial charge in [0.1, 0.15) is 5.82 Å². The van der Waals surface area contributed by atoms with Gasteiger partial charge in [-0.05, 0) is 53.4 Å². The molecule has 2 heterocycles. The maximum absolute atomic E-state index is 14.3. The van der Waals surface area contributed by atoms with E-state index >= 15 is 0 Å². The molecular weight excluding hydrogens is 375 g/mol. The van der Waals surface area contributed by atoms with Gasteiger partial charge in [0.05, 0.1) is 4.88 Å². The van der Waals surface area contributed by atoms with Crippen LogP contribution in [0.5, 0.6) is 0 Å². The van der Waals surface area contributed by atoms with Gasteiger partial charge in [-0.1, -0.05) is 24.3 Å². The van der Waals surface area contributed by atoms with Crippen LogP contribution in [0.4, 0.5) is 4.39 Å². The van der Waals surface area contributed by atoms with Crippen molar-refractivity contribution in [3.63, 3.8) is 0 Å². The molecule has 6 heteroatoms. The largest absolute Gasteiger partial charge is 0.354 e. The van der Waals surface area contributed by atoms with E-state index in [1.54, 1.807) is 30.1 Å². The van der Waals surface area contributed by atoms with Crippen LogP contribution in [0.15, 0.2) is 54.6 Å². The number of carbonyl (C=O) groups excluding carboxylic acids is 2. The number of rotatable bonds is 3. The molecule has 0 saturated carbocycles. The van der Waals surface area contributed by atoms with E-state index in [0.29, 0.717) is 29.1 Å². The molecule has 4 rings (SSSR count). The lowest BCUT2D eigenvalue weighted by atomic mass is 9.99. The van der Waals surface area contributed by atoms with Gasteiger partial charge in [0.2, 0.25) is 0 Å². The number of nitrogens with zero attached hydrogens (tertiary/aromatic N) is 1. The number of amides is 2. The summed E-state index contributed by atoms with van der Waals surface area (Å²) >= 11 is 1.27. The Bertz CT molecular complexity index is 1060. The summed E-state index contributed by atoms with van der Waals surface area (Å²) in [6, 6.07) is 15.9. The highest BCUT2D eigenvalue weighted by molar-refractivity contribution is 7.17. The number of thiophene rings is 1. The molecule has 142 valence electrons. The first-order valence-electron chi connectivity index (χ1n) is 9.04. The highest BCUT2D eigenvalue weighted by Gasteiger charge is 2.22. The zero-order valence-electron chi connectivity index (χ0n) is 15.4. The molecule has 0 spiro atoms. The fourth-order valence-corrected chi connectivity index (χ4v) is 4.38. The Balaban J connectivity index is 1.61.